The Kier molecular flexibility index (Phi) is 9.79. The van der Waals surface area contributed by atoms with Gasteiger partial charge in [0, 0.05) is 47.5 Å². The molecule has 0 spiro atoms. The molecule has 12 aromatic rings. The van der Waals surface area contributed by atoms with Gasteiger partial charge in [-0.1, -0.05) is 222 Å². The molecule has 3 heteroatoms. The fourth-order valence-electron chi connectivity index (χ4n) is 12.6. The van der Waals surface area contributed by atoms with Crippen molar-refractivity contribution in [3.8, 4) is 129 Å². The first-order valence-corrected chi connectivity index (χ1v) is 25.8. The quantitative estimate of drug-likeness (QED) is 0.173. The minimum absolute atomic E-state index is 0.490. The normalized spacial score (nSPS) is 12.6. The Morgan fingerprint density at radius 2 is 0.813 bits per heavy atom. The molecule has 354 valence electrons. The van der Waals surface area contributed by atoms with Gasteiger partial charge < -0.3 is 4.42 Å². The van der Waals surface area contributed by atoms with Gasteiger partial charge in [-0.15, -0.1) is 0 Å². The van der Waals surface area contributed by atoms with Crippen molar-refractivity contribution < 1.29 is 7.16 Å². The van der Waals surface area contributed by atoms with E-state index in [1.54, 1.807) is 0 Å². The number of aromatic nitrogens is 1. The van der Waals surface area contributed by atoms with Crippen LogP contribution < -0.4 is 0 Å². The third-order valence-electron chi connectivity index (χ3n) is 15.7. The number of pyridine rings is 1. The van der Waals surface area contributed by atoms with Gasteiger partial charge in [-0.3, -0.25) is 4.98 Å². The number of furan rings is 1. The fourth-order valence-corrected chi connectivity index (χ4v) is 12.6. The smallest absolute Gasteiger partial charge is 0.143 e. The molecule has 2 aliphatic carbocycles. The van der Waals surface area contributed by atoms with Crippen LogP contribution in [0.25, 0.3) is 144 Å². The lowest BCUT2D eigenvalue weighted by atomic mass is 9.74. The molecule has 0 radical (unpaired) electrons. The lowest BCUT2D eigenvalue weighted by molar-refractivity contribution is 0.670. The zero-order chi connectivity index (χ0) is 52.3. The van der Waals surface area contributed by atoms with Crippen LogP contribution in [0.4, 0.5) is 0 Å². The molecule has 0 bridgehead atoms. The van der Waals surface area contributed by atoms with Crippen LogP contribution in [0.15, 0.2) is 223 Å². The highest BCUT2D eigenvalue weighted by atomic mass is 16.3. The highest BCUT2D eigenvalue weighted by Gasteiger charge is 2.31. The number of para-hydroxylation sites is 2. The number of nitriles is 1. The van der Waals surface area contributed by atoms with Crippen molar-refractivity contribution in [1.82, 2.24) is 4.98 Å². The third-order valence-corrected chi connectivity index (χ3v) is 15.7. The number of hydrogen-bond donors (Lipinski definition) is 0. The van der Waals surface area contributed by atoms with Gasteiger partial charge in [0.05, 0.1) is 11.3 Å². The maximum absolute atomic E-state index is 11.7. The van der Waals surface area contributed by atoms with E-state index in [-0.39, 0.29) is 0 Å². The Morgan fingerprint density at radius 3 is 1.43 bits per heavy atom. The first-order valence-electron chi connectivity index (χ1n) is 26.8. The summed E-state index contributed by atoms with van der Waals surface area (Å²) in [6, 6.07) is 77.1. The Bertz CT molecular complexity index is 4490. The molecule has 0 saturated carbocycles. The van der Waals surface area contributed by atoms with Crippen molar-refractivity contribution in [3.63, 3.8) is 0 Å². The Hall–Kier alpha value is -9.36. The van der Waals surface area contributed by atoms with Gasteiger partial charge >= 0.3 is 0 Å². The summed E-state index contributed by atoms with van der Waals surface area (Å²) in [5.74, 6) is -2.27. The van der Waals surface area contributed by atoms with Crippen LogP contribution in [-0.2, 0) is 0 Å². The number of hydrogen-bond acceptors (Lipinski definition) is 3. The van der Waals surface area contributed by atoms with Crippen LogP contribution in [0.3, 0.4) is 0 Å². The molecular weight excluding hydrogens is 909 g/mol. The van der Waals surface area contributed by atoms with E-state index in [1.165, 1.54) is 0 Å². The van der Waals surface area contributed by atoms with Crippen molar-refractivity contribution >= 4 is 21.9 Å². The molecule has 0 aliphatic heterocycles. The van der Waals surface area contributed by atoms with Crippen LogP contribution in [0.1, 0.15) is 58.9 Å². The molecule has 10 aromatic carbocycles. The summed E-state index contributed by atoms with van der Waals surface area (Å²) >= 11 is 0. The van der Waals surface area contributed by atoms with Gasteiger partial charge in [-0.2, -0.15) is 5.26 Å². The molecule has 2 heterocycles. The van der Waals surface area contributed by atoms with E-state index >= 15 is 0 Å². The predicted molar refractivity (Wildman–Crippen MR) is 311 cm³/mol. The zero-order valence-corrected chi connectivity index (χ0v) is 42.1. The van der Waals surface area contributed by atoms with Gasteiger partial charge in [0.2, 0.25) is 0 Å². The Balaban J connectivity index is 1.02. The number of benzene rings is 10. The first-order chi connectivity index (χ1) is 37.5. The molecule has 0 amide bonds. The van der Waals surface area contributed by atoms with Gasteiger partial charge in [0.1, 0.15) is 17.2 Å². The van der Waals surface area contributed by atoms with E-state index in [0.717, 1.165) is 156 Å². The van der Waals surface area contributed by atoms with Gasteiger partial charge in [-0.05, 0) is 130 Å². The summed E-state index contributed by atoms with van der Waals surface area (Å²) < 4.78 is 26.9. The number of nitrogens with zero attached hydrogens (tertiary/aromatic N) is 2. The maximum Gasteiger partial charge on any atom is 0.143 e. The molecule has 2 aliphatic rings. The highest BCUT2D eigenvalue weighted by Crippen LogP contribution is 2.55. The average molecular weight is 961 g/mol. The minimum Gasteiger partial charge on any atom is -0.455 e. The van der Waals surface area contributed by atoms with Gasteiger partial charge in [0.25, 0.3) is 0 Å². The maximum atomic E-state index is 11.7. The lowest BCUT2D eigenvalue weighted by Crippen LogP contribution is -2.06. The lowest BCUT2D eigenvalue weighted by Gasteiger charge is -2.29. The number of fused-ring (bicyclic) bond motifs is 19. The largest absolute Gasteiger partial charge is 0.455 e. The van der Waals surface area contributed by atoms with E-state index in [4.69, 9.17) is 9.40 Å². The zero-order valence-electron chi connectivity index (χ0n) is 44.1. The summed E-state index contributed by atoms with van der Waals surface area (Å²) in [5, 5.41) is 13.9. The molecular formula is C72H50N2O. The van der Waals surface area contributed by atoms with Gasteiger partial charge in [0.15, 0.2) is 0 Å². The average Bonchev–Trinajstić information content (AvgIpc) is 3.84. The standard InChI is InChI=1S/C72H50N2O/c1-42(2)67-57(51-28-16-29-52(65(51)41-73)58-36-38-60-62-31-17-39-74-71(62)61-26-12-9-21-49(61)48-20-8-11-25-56(48)70(60)68(58)43(3)4)35-37-59-53-34-33-44(45-27-15-30-63-54-23-13-14-32-66(54)75-72(45)63)40-64(53)50-22-6-5-18-46(50)47-19-7-10-24-55(47)69(59)67/h5-40,42-43H,1-4H3/i42D,43D. The second-order valence-corrected chi connectivity index (χ2v) is 20.3. The molecule has 14 rings (SSSR count). The van der Waals surface area contributed by atoms with E-state index < -0.39 is 11.8 Å². The molecule has 75 heavy (non-hydrogen) atoms. The molecule has 0 saturated heterocycles. The molecule has 0 N–H and O–H groups in total. The molecule has 0 atom stereocenters. The van der Waals surface area contributed by atoms with Crippen molar-refractivity contribution in [1.29, 1.82) is 5.26 Å². The number of rotatable bonds is 5. The summed E-state index contributed by atoms with van der Waals surface area (Å²) in [6.07, 6.45) is 1.85. The van der Waals surface area contributed by atoms with Crippen molar-refractivity contribution in [3.05, 3.63) is 235 Å². The molecule has 3 nitrogen and oxygen atoms in total. The fraction of sp³-hybridized carbons (Fsp3) is 0.0833. The third kappa shape index (κ3) is 6.76. The van der Waals surface area contributed by atoms with Crippen molar-refractivity contribution in [2.45, 2.75) is 39.5 Å². The second kappa shape index (κ2) is 17.4. The minimum atomic E-state index is -1.15. The summed E-state index contributed by atoms with van der Waals surface area (Å²) in [5.41, 5.74) is 25.5. The van der Waals surface area contributed by atoms with E-state index in [2.05, 4.69) is 182 Å². The predicted octanol–water partition coefficient (Wildman–Crippen LogP) is 20.1. The highest BCUT2D eigenvalue weighted by molar-refractivity contribution is 6.12. The molecule has 0 fully saturated rings. The first kappa shape index (κ1) is 42.2. The van der Waals surface area contributed by atoms with Crippen molar-refractivity contribution in [2.24, 2.45) is 0 Å². The topological polar surface area (TPSA) is 49.8 Å². The van der Waals surface area contributed by atoms with Crippen LogP contribution in [0.5, 0.6) is 0 Å². The Labute approximate surface area is 440 Å². The van der Waals surface area contributed by atoms with Crippen LogP contribution in [0.2, 0.25) is 0 Å². The molecule has 2 aromatic heterocycles. The second-order valence-electron chi connectivity index (χ2n) is 20.3. The summed E-state index contributed by atoms with van der Waals surface area (Å²) in [6.45, 7) is 7.83. The summed E-state index contributed by atoms with van der Waals surface area (Å²) in [4.78, 5) is 5.01. The Morgan fingerprint density at radius 1 is 0.387 bits per heavy atom. The van der Waals surface area contributed by atoms with E-state index in [0.29, 0.717) is 5.56 Å². The van der Waals surface area contributed by atoms with Crippen LogP contribution in [0, 0.1) is 11.3 Å². The van der Waals surface area contributed by atoms with Crippen molar-refractivity contribution in [2.75, 3.05) is 0 Å². The van der Waals surface area contributed by atoms with E-state index in [1.807, 2.05) is 70.3 Å². The summed E-state index contributed by atoms with van der Waals surface area (Å²) in [7, 11) is 0. The monoisotopic (exact) mass is 960 g/mol. The molecule has 0 unspecified atom stereocenters. The van der Waals surface area contributed by atoms with E-state index in [9.17, 15) is 8.00 Å². The van der Waals surface area contributed by atoms with Gasteiger partial charge in [-0.25, -0.2) is 0 Å². The van der Waals surface area contributed by atoms with Crippen LogP contribution >= 0.6 is 0 Å². The van der Waals surface area contributed by atoms with Crippen LogP contribution in [-0.4, -0.2) is 4.98 Å². The SMILES string of the molecule is [2H]C(C)(C)c1c(-c2cccc(-c3ccc4c(c3C([2H])(C)C)-c3ccccc3-c3ccccc3-c3ncccc3-4)c2C#N)ccc2c1-c1ccccc1-c1ccccc1-c1cc(-c3cccc4c3oc3ccccc34)ccc1-2.